The van der Waals surface area contributed by atoms with Gasteiger partial charge in [0.2, 0.25) is 6.71 Å². The van der Waals surface area contributed by atoms with Gasteiger partial charge in [-0.1, -0.05) is 98.3 Å². The molecule has 0 aliphatic carbocycles. The van der Waals surface area contributed by atoms with E-state index in [1.54, 1.807) is 18.7 Å². The lowest BCUT2D eigenvalue weighted by Crippen LogP contribution is -2.43. The lowest BCUT2D eigenvalue weighted by Gasteiger charge is -2.17. The van der Waals surface area contributed by atoms with Crippen LogP contribution in [0.15, 0.2) is 78.8 Å². The van der Waals surface area contributed by atoms with Gasteiger partial charge in [0.25, 0.3) is 0 Å². The lowest BCUT2D eigenvalue weighted by atomic mass is 9.39. The predicted molar refractivity (Wildman–Crippen MR) is 124 cm³/mol. The number of allylic oxidation sites excluding steroid dienone is 1. The molecule has 0 aliphatic heterocycles. The van der Waals surface area contributed by atoms with Gasteiger partial charge in [-0.2, -0.15) is 0 Å². The van der Waals surface area contributed by atoms with Gasteiger partial charge < -0.3 is 4.98 Å². The minimum absolute atomic E-state index is 0.352. The van der Waals surface area contributed by atoms with E-state index in [9.17, 15) is 0 Å². The van der Waals surface area contributed by atoms with Crippen molar-refractivity contribution in [3.63, 3.8) is 0 Å². The number of H-pyrrole nitrogens is 1. The molecule has 0 saturated carbocycles. The summed E-state index contributed by atoms with van der Waals surface area (Å²) < 4.78 is 0. The Bertz CT molecular complexity index is 833. The molecule has 0 unspecified atom stereocenters. The fourth-order valence-electron chi connectivity index (χ4n) is 3.25. The summed E-state index contributed by atoms with van der Waals surface area (Å²) in [5.74, 6) is 3.02. The molecule has 0 atom stereocenters. The van der Waals surface area contributed by atoms with Crippen LogP contribution in [0.5, 0.6) is 0 Å². The molecule has 3 heteroatoms. The maximum absolute atomic E-state index is 3.67. The van der Waals surface area contributed by atoms with Gasteiger partial charge in [-0.3, -0.25) is 0 Å². The summed E-state index contributed by atoms with van der Waals surface area (Å²) in [6.07, 6.45) is 7.27. The largest absolute Gasteiger partial charge is 0.351 e. The number of hydrogen-bond donors (Lipinski definition) is 1. The molecule has 2 nitrogen and oxygen atoms in total. The number of nitrogens with zero attached hydrogens (tertiary/aromatic N) is 1. The second-order valence-electron chi connectivity index (χ2n) is 7.48. The Hall–Kier alpha value is -2.55. The predicted octanol–water partition coefficient (Wildman–Crippen LogP) is 5.29. The van der Waals surface area contributed by atoms with Crippen molar-refractivity contribution in [1.29, 1.82) is 0 Å². The molecule has 1 heterocycles. The summed E-state index contributed by atoms with van der Waals surface area (Å²) in [7, 11) is 0. The summed E-state index contributed by atoms with van der Waals surface area (Å²) >= 11 is 0. The highest BCUT2D eigenvalue weighted by atomic mass is 14.8. The van der Waals surface area contributed by atoms with Crippen molar-refractivity contribution in [2.75, 3.05) is 0 Å². The van der Waals surface area contributed by atoms with Crippen molar-refractivity contribution < 1.29 is 0 Å². The van der Waals surface area contributed by atoms with Gasteiger partial charge in [0.15, 0.2) is 0 Å². The van der Waals surface area contributed by atoms with Crippen LogP contribution in [0.3, 0.4) is 0 Å². The normalized spacial score (nSPS) is 11.1. The number of aromatic amines is 1. The quantitative estimate of drug-likeness (QED) is 0.586. The highest BCUT2D eigenvalue weighted by Gasteiger charge is 2.19. The van der Waals surface area contributed by atoms with E-state index in [1.807, 2.05) is 0 Å². The zero-order valence-electron chi connectivity index (χ0n) is 17.9. The number of rotatable bonds is 6. The molecular weight excluding hydrogens is 339 g/mol. The molecule has 0 radical (unpaired) electrons. The maximum Gasteiger partial charge on any atom is 0.234 e. The average molecular weight is 372 g/mol. The highest BCUT2D eigenvalue weighted by molar-refractivity contribution is 6.89. The molecule has 0 amide bonds. The Morgan fingerprint density at radius 2 is 1.89 bits per heavy atom. The van der Waals surface area contributed by atoms with E-state index in [-0.39, 0.29) is 0 Å². The van der Waals surface area contributed by atoms with Crippen LogP contribution in [-0.2, 0) is 6.42 Å². The highest BCUT2D eigenvalue weighted by Crippen LogP contribution is 2.13. The number of nitrogens with one attached hydrogen (secondary N) is 1. The number of hydrogen-bond acceptors (Lipinski definition) is 1. The van der Waals surface area contributed by atoms with Crippen molar-refractivity contribution in [2.24, 2.45) is 0 Å². The van der Waals surface area contributed by atoms with Crippen LogP contribution in [0.1, 0.15) is 58.1 Å². The van der Waals surface area contributed by atoms with E-state index in [0.29, 0.717) is 12.6 Å². The van der Waals surface area contributed by atoms with E-state index < -0.39 is 0 Å². The third-order valence-corrected chi connectivity index (χ3v) is 5.12. The van der Waals surface area contributed by atoms with Crippen LogP contribution in [0, 0.1) is 0 Å². The first kappa shape index (κ1) is 21.8. The van der Waals surface area contributed by atoms with Crippen molar-refractivity contribution in [3.05, 3.63) is 89.9 Å². The first-order valence-electron chi connectivity index (χ1n) is 10.3. The Labute approximate surface area is 171 Å². The molecule has 3 rings (SSSR count). The zero-order valence-corrected chi connectivity index (χ0v) is 17.9. The summed E-state index contributed by atoms with van der Waals surface area (Å²) in [5.41, 5.74) is 7.18. The molecule has 146 valence electrons. The van der Waals surface area contributed by atoms with Gasteiger partial charge in [0, 0.05) is 12.4 Å². The first-order chi connectivity index (χ1) is 13.6. The number of aryl methyl sites for hydroxylation is 1. The summed E-state index contributed by atoms with van der Waals surface area (Å²) in [6.45, 7) is 11.6. The Balaban J connectivity index is 0.000000485. The van der Waals surface area contributed by atoms with Crippen LogP contribution in [0.4, 0.5) is 0 Å². The minimum atomic E-state index is 0.352. The van der Waals surface area contributed by atoms with Gasteiger partial charge >= 0.3 is 0 Å². The van der Waals surface area contributed by atoms with Gasteiger partial charge in [0.05, 0.1) is 6.33 Å². The van der Waals surface area contributed by atoms with E-state index >= 15 is 0 Å². The zero-order chi connectivity index (χ0) is 20.4. The maximum atomic E-state index is 3.67. The molecule has 0 spiro atoms. The van der Waals surface area contributed by atoms with E-state index in [2.05, 4.69) is 99.1 Å². The monoisotopic (exact) mass is 372 g/mol. The first-order valence-corrected chi connectivity index (χ1v) is 10.3. The van der Waals surface area contributed by atoms with Crippen molar-refractivity contribution in [2.45, 2.75) is 53.4 Å². The molecule has 1 aromatic heterocycles. The van der Waals surface area contributed by atoms with Crippen LogP contribution in [-0.4, -0.2) is 16.7 Å². The summed E-state index contributed by atoms with van der Waals surface area (Å²) in [4.78, 5) is 6.42. The molecular formula is C25H33BN2. The molecule has 28 heavy (non-hydrogen) atoms. The van der Waals surface area contributed by atoms with Crippen LogP contribution in [0.2, 0.25) is 0 Å². The molecule has 0 bridgehead atoms. The molecule has 3 aromatic rings. The van der Waals surface area contributed by atoms with Crippen molar-refractivity contribution in [3.8, 4) is 0 Å². The van der Waals surface area contributed by atoms with Crippen molar-refractivity contribution >= 4 is 17.6 Å². The standard InChI is InChI=1S/C22H29B.C3H4N2/c1-6-18(5)16-23(22-14-9-8-11-19(22)7-2)21-13-10-12-20(15-21)17(3)4;1-2-5-3-4-1/h8-17H,6-7H2,1-5H3;1-3H,(H,4,5). The van der Waals surface area contributed by atoms with Gasteiger partial charge in [-0.25, -0.2) is 4.98 Å². The Morgan fingerprint density at radius 3 is 2.46 bits per heavy atom. The average Bonchev–Trinajstić information content (AvgIpc) is 3.32. The molecule has 1 N–H and O–H groups in total. The van der Waals surface area contributed by atoms with Gasteiger partial charge in [-0.05, 0) is 31.2 Å². The van der Waals surface area contributed by atoms with Crippen LogP contribution < -0.4 is 10.9 Å². The fourth-order valence-corrected chi connectivity index (χ4v) is 3.25. The molecule has 0 aliphatic rings. The minimum Gasteiger partial charge on any atom is -0.351 e. The molecule has 0 saturated heterocycles. The summed E-state index contributed by atoms with van der Waals surface area (Å²) in [6, 6.07) is 18.0. The number of benzene rings is 2. The Morgan fingerprint density at radius 1 is 1.11 bits per heavy atom. The third-order valence-electron chi connectivity index (χ3n) is 5.12. The van der Waals surface area contributed by atoms with Gasteiger partial charge in [0.1, 0.15) is 0 Å². The fraction of sp³-hybridized carbons (Fsp3) is 0.320. The second-order valence-corrected chi connectivity index (χ2v) is 7.48. The topological polar surface area (TPSA) is 28.7 Å². The smallest absolute Gasteiger partial charge is 0.234 e. The van der Waals surface area contributed by atoms with E-state index in [4.69, 9.17) is 0 Å². The van der Waals surface area contributed by atoms with Crippen molar-refractivity contribution in [1.82, 2.24) is 9.97 Å². The number of imidazole rings is 1. The molecule has 2 aromatic carbocycles. The third kappa shape index (κ3) is 6.26. The van der Waals surface area contributed by atoms with Crippen LogP contribution in [0.25, 0.3) is 0 Å². The SMILES string of the molecule is CCC(C)=CB(c1cccc(C(C)C)c1)c1ccccc1CC.c1c[nH]cn1. The molecule has 0 fully saturated rings. The summed E-state index contributed by atoms with van der Waals surface area (Å²) in [5, 5.41) is 0. The van der Waals surface area contributed by atoms with Crippen LogP contribution >= 0.6 is 0 Å². The number of aromatic nitrogens is 2. The van der Waals surface area contributed by atoms with Gasteiger partial charge in [-0.15, -0.1) is 5.98 Å². The lowest BCUT2D eigenvalue weighted by molar-refractivity contribution is 0.868. The Kier molecular flexibility index (Phi) is 8.80. The van der Waals surface area contributed by atoms with E-state index in [0.717, 1.165) is 12.8 Å². The van der Waals surface area contributed by atoms with E-state index in [1.165, 1.54) is 27.6 Å². The second kappa shape index (κ2) is 11.3.